The van der Waals surface area contributed by atoms with Crippen molar-refractivity contribution in [3.63, 3.8) is 0 Å². The largest absolute Gasteiger partial charge is 0.377 e. The minimum atomic E-state index is -0.0407. The first-order valence-electron chi connectivity index (χ1n) is 4.72. The van der Waals surface area contributed by atoms with Crippen LogP contribution in [0.1, 0.15) is 20.3 Å². The molecule has 1 unspecified atom stereocenters. The van der Waals surface area contributed by atoms with Crippen molar-refractivity contribution in [3.8, 4) is 0 Å². The Kier molecular flexibility index (Phi) is 3.69. The molecule has 4 nitrogen and oxygen atoms in total. The van der Waals surface area contributed by atoms with Gasteiger partial charge in [-0.15, -0.1) is 0 Å². The molecule has 0 aromatic heterocycles. The van der Waals surface area contributed by atoms with E-state index in [1.54, 1.807) is 0 Å². The zero-order chi connectivity index (χ0) is 9.84. The number of ether oxygens (including phenoxy) is 1. The molecule has 1 fully saturated rings. The van der Waals surface area contributed by atoms with Crippen LogP contribution >= 0.6 is 0 Å². The van der Waals surface area contributed by atoms with Crippen LogP contribution in [0.5, 0.6) is 0 Å². The molecule has 1 atom stereocenters. The topological polar surface area (TPSA) is 64.4 Å². The lowest BCUT2D eigenvalue weighted by molar-refractivity contribution is -0.125. The average molecular weight is 186 g/mol. The summed E-state index contributed by atoms with van der Waals surface area (Å²) in [7, 11) is 0. The average Bonchev–Trinajstić information content (AvgIpc) is 1.96. The lowest BCUT2D eigenvalue weighted by Gasteiger charge is -2.27. The van der Waals surface area contributed by atoms with Crippen molar-refractivity contribution < 1.29 is 9.53 Å². The Morgan fingerprint density at radius 3 is 2.62 bits per heavy atom. The third-order valence-electron chi connectivity index (χ3n) is 2.28. The molecule has 0 radical (unpaired) electrons. The fraction of sp³-hybridized carbons (Fsp3) is 0.889. The molecule has 1 heterocycles. The molecule has 4 heteroatoms. The van der Waals surface area contributed by atoms with Crippen molar-refractivity contribution in [3.05, 3.63) is 0 Å². The first-order chi connectivity index (χ1) is 6.09. The molecular weight excluding hydrogens is 168 g/mol. The molecule has 0 saturated carbocycles. The van der Waals surface area contributed by atoms with Gasteiger partial charge in [0.15, 0.2) is 0 Å². The summed E-state index contributed by atoms with van der Waals surface area (Å²) in [5.41, 5.74) is 5.76. The maximum atomic E-state index is 11.3. The van der Waals surface area contributed by atoms with E-state index in [1.807, 2.05) is 13.8 Å². The predicted octanol–water partition coefficient (Wildman–Crippen LogP) is -0.125. The molecule has 3 N–H and O–H groups in total. The maximum absolute atomic E-state index is 11.3. The smallest absolute Gasteiger partial charge is 0.221 e. The van der Waals surface area contributed by atoms with Crippen LogP contribution in [-0.4, -0.2) is 31.2 Å². The maximum Gasteiger partial charge on any atom is 0.221 e. The van der Waals surface area contributed by atoms with E-state index in [1.165, 1.54) is 0 Å². The van der Waals surface area contributed by atoms with Gasteiger partial charge in [-0.05, 0) is 5.92 Å². The Balaban J connectivity index is 2.16. The lowest BCUT2D eigenvalue weighted by Crippen LogP contribution is -2.49. The molecule has 0 bridgehead atoms. The Labute approximate surface area is 78.8 Å². The summed E-state index contributed by atoms with van der Waals surface area (Å²) in [4.78, 5) is 11.3. The van der Waals surface area contributed by atoms with Crippen molar-refractivity contribution >= 4 is 5.91 Å². The molecule has 1 aliphatic heterocycles. The van der Waals surface area contributed by atoms with Crippen molar-refractivity contribution in [2.24, 2.45) is 11.7 Å². The second-order valence-electron chi connectivity index (χ2n) is 3.91. The summed E-state index contributed by atoms with van der Waals surface area (Å²) < 4.78 is 4.94. The number of carbonyl (C=O) groups excluding carboxylic acids is 1. The van der Waals surface area contributed by atoms with Gasteiger partial charge in [-0.1, -0.05) is 13.8 Å². The van der Waals surface area contributed by atoms with E-state index in [0.717, 1.165) is 0 Å². The van der Waals surface area contributed by atoms with Gasteiger partial charge in [-0.3, -0.25) is 4.79 Å². The monoisotopic (exact) mass is 186 g/mol. The summed E-state index contributed by atoms with van der Waals surface area (Å²) in [6.45, 7) is 5.32. The van der Waals surface area contributed by atoms with Crippen molar-refractivity contribution in [1.29, 1.82) is 0 Å². The Morgan fingerprint density at radius 2 is 2.23 bits per heavy atom. The van der Waals surface area contributed by atoms with E-state index in [0.29, 0.717) is 25.6 Å². The van der Waals surface area contributed by atoms with E-state index < -0.39 is 0 Å². The molecule has 1 amide bonds. The summed E-state index contributed by atoms with van der Waals surface area (Å²) in [5.74, 6) is 0.387. The second-order valence-corrected chi connectivity index (χ2v) is 3.91. The van der Waals surface area contributed by atoms with E-state index in [-0.39, 0.29) is 18.0 Å². The van der Waals surface area contributed by atoms with Crippen molar-refractivity contribution in [2.75, 3.05) is 13.2 Å². The molecule has 76 valence electrons. The molecule has 1 rings (SSSR count). The van der Waals surface area contributed by atoms with Crippen LogP contribution in [0.2, 0.25) is 0 Å². The normalized spacial score (nSPS) is 19.7. The van der Waals surface area contributed by atoms with Gasteiger partial charge in [0.25, 0.3) is 0 Å². The fourth-order valence-electron chi connectivity index (χ4n) is 1.06. The van der Waals surface area contributed by atoms with Gasteiger partial charge in [-0.2, -0.15) is 0 Å². The molecule has 0 aromatic rings. The first kappa shape index (κ1) is 10.5. The van der Waals surface area contributed by atoms with Gasteiger partial charge in [0.2, 0.25) is 5.91 Å². The van der Waals surface area contributed by atoms with Crippen LogP contribution in [0.3, 0.4) is 0 Å². The Hall–Kier alpha value is -0.610. The van der Waals surface area contributed by atoms with E-state index in [2.05, 4.69) is 5.32 Å². The summed E-state index contributed by atoms with van der Waals surface area (Å²) in [6, 6.07) is 0.174. The van der Waals surface area contributed by atoms with Gasteiger partial charge in [0.1, 0.15) is 0 Å². The van der Waals surface area contributed by atoms with Gasteiger partial charge >= 0.3 is 0 Å². The number of rotatable bonds is 4. The molecular formula is C9H18N2O2. The molecule has 0 aromatic carbocycles. The number of hydrogen-bond acceptors (Lipinski definition) is 3. The van der Waals surface area contributed by atoms with E-state index >= 15 is 0 Å². The molecule has 1 aliphatic rings. The minimum Gasteiger partial charge on any atom is -0.377 e. The van der Waals surface area contributed by atoms with E-state index in [9.17, 15) is 4.79 Å². The number of hydrogen-bond donors (Lipinski definition) is 2. The van der Waals surface area contributed by atoms with Gasteiger partial charge < -0.3 is 15.8 Å². The molecule has 1 saturated heterocycles. The summed E-state index contributed by atoms with van der Waals surface area (Å²) in [5, 5.41) is 2.86. The lowest BCUT2D eigenvalue weighted by atomic mass is 10.0. The zero-order valence-electron chi connectivity index (χ0n) is 8.25. The Morgan fingerprint density at radius 1 is 1.62 bits per heavy atom. The minimum absolute atomic E-state index is 0.0366. The fourth-order valence-corrected chi connectivity index (χ4v) is 1.06. The van der Waals surface area contributed by atoms with Gasteiger partial charge in [-0.25, -0.2) is 0 Å². The number of nitrogens with one attached hydrogen (secondary N) is 1. The predicted molar refractivity (Wildman–Crippen MR) is 50.2 cm³/mol. The third kappa shape index (κ3) is 3.32. The van der Waals surface area contributed by atoms with Crippen LogP contribution in [-0.2, 0) is 9.53 Å². The van der Waals surface area contributed by atoms with Gasteiger partial charge in [0, 0.05) is 12.5 Å². The van der Waals surface area contributed by atoms with Crippen LogP contribution in [0, 0.1) is 5.92 Å². The summed E-state index contributed by atoms with van der Waals surface area (Å²) >= 11 is 0. The van der Waals surface area contributed by atoms with Crippen LogP contribution in [0.4, 0.5) is 0 Å². The second kappa shape index (κ2) is 4.58. The highest BCUT2D eigenvalue weighted by Crippen LogP contribution is 2.04. The van der Waals surface area contributed by atoms with Crippen molar-refractivity contribution in [2.45, 2.75) is 32.4 Å². The number of carbonyl (C=O) groups is 1. The van der Waals surface area contributed by atoms with Crippen LogP contribution < -0.4 is 11.1 Å². The van der Waals surface area contributed by atoms with Crippen molar-refractivity contribution in [1.82, 2.24) is 5.32 Å². The number of nitrogens with two attached hydrogens (primary N) is 1. The van der Waals surface area contributed by atoms with Gasteiger partial charge in [0.05, 0.1) is 19.3 Å². The van der Waals surface area contributed by atoms with Crippen LogP contribution in [0.25, 0.3) is 0 Å². The quantitative estimate of drug-likeness (QED) is 0.643. The SMILES string of the molecule is CC(C)C(N)CC(=O)NC1COC1. The standard InChI is InChI=1S/C9H18N2O2/c1-6(2)8(10)3-9(12)11-7-4-13-5-7/h6-8H,3-5,10H2,1-2H3,(H,11,12). The highest BCUT2D eigenvalue weighted by molar-refractivity contribution is 5.77. The molecule has 0 spiro atoms. The number of amides is 1. The van der Waals surface area contributed by atoms with Crippen LogP contribution in [0.15, 0.2) is 0 Å². The van der Waals surface area contributed by atoms with E-state index in [4.69, 9.17) is 10.5 Å². The Bertz CT molecular complexity index is 178. The highest BCUT2D eigenvalue weighted by Gasteiger charge is 2.21. The third-order valence-corrected chi connectivity index (χ3v) is 2.28. The highest BCUT2D eigenvalue weighted by atomic mass is 16.5. The molecule has 0 aliphatic carbocycles. The summed E-state index contributed by atoms with van der Waals surface area (Å²) in [6.07, 6.45) is 0.411. The molecule has 13 heavy (non-hydrogen) atoms. The first-order valence-corrected chi connectivity index (χ1v) is 4.72. The zero-order valence-corrected chi connectivity index (χ0v) is 8.25.